The molecule has 0 radical (unpaired) electrons. The van der Waals surface area contributed by atoms with Crippen LogP contribution in [0.2, 0.25) is 0 Å². The van der Waals surface area contributed by atoms with E-state index < -0.39 is 21.7 Å². The van der Waals surface area contributed by atoms with E-state index in [0.717, 1.165) is 12.1 Å². The van der Waals surface area contributed by atoms with E-state index >= 15 is 0 Å². The Labute approximate surface area is 128 Å². The maximum absolute atomic E-state index is 13.1. The van der Waals surface area contributed by atoms with Crippen LogP contribution in [0.4, 0.5) is 8.78 Å². The Bertz CT molecular complexity index is 781. The molecule has 4 nitrogen and oxygen atoms in total. The van der Waals surface area contributed by atoms with Gasteiger partial charge >= 0.3 is 0 Å². The average molecular weight is 378 g/mol. The Morgan fingerprint density at radius 2 is 1.81 bits per heavy atom. The van der Waals surface area contributed by atoms with Gasteiger partial charge in [0.05, 0.1) is 9.37 Å². The molecule has 0 aromatic heterocycles. The molecule has 2 rings (SSSR count). The zero-order valence-electron chi connectivity index (χ0n) is 10.7. The maximum Gasteiger partial charge on any atom is 0.240 e. The van der Waals surface area contributed by atoms with Crippen molar-refractivity contribution in [1.29, 1.82) is 0 Å². The van der Waals surface area contributed by atoms with Gasteiger partial charge in [0, 0.05) is 6.07 Å². The van der Waals surface area contributed by atoms with Gasteiger partial charge in [0.25, 0.3) is 0 Å². The summed E-state index contributed by atoms with van der Waals surface area (Å²) >= 11 is 3.17. The van der Waals surface area contributed by atoms with Crippen molar-refractivity contribution in [3.8, 4) is 11.5 Å². The van der Waals surface area contributed by atoms with Gasteiger partial charge < -0.3 is 4.74 Å². The first kappa shape index (κ1) is 15.9. The molecule has 0 aliphatic heterocycles. The largest absolute Gasteiger partial charge is 0.456 e. The fourth-order valence-electron chi connectivity index (χ4n) is 1.52. The summed E-state index contributed by atoms with van der Waals surface area (Å²) in [7, 11) is -2.27. The van der Waals surface area contributed by atoms with Crippen LogP contribution in [0, 0.1) is 11.6 Å². The first-order chi connectivity index (χ1) is 9.83. The number of hydrogen-bond acceptors (Lipinski definition) is 3. The van der Waals surface area contributed by atoms with E-state index in [9.17, 15) is 17.2 Å². The number of halogens is 3. The summed E-state index contributed by atoms with van der Waals surface area (Å²) in [5.41, 5.74) is 0. The number of sulfonamides is 1. The topological polar surface area (TPSA) is 55.4 Å². The van der Waals surface area contributed by atoms with Crippen molar-refractivity contribution < 1.29 is 21.9 Å². The smallest absolute Gasteiger partial charge is 0.240 e. The lowest BCUT2D eigenvalue weighted by Gasteiger charge is -2.10. The van der Waals surface area contributed by atoms with Gasteiger partial charge in [0.2, 0.25) is 10.0 Å². The minimum absolute atomic E-state index is 0.0505. The highest BCUT2D eigenvalue weighted by molar-refractivity contribution is 9.10. The molecule has 1 N–H and O–H groups in total. The monoisotopic (exact) mass is 377 g/mol. The van der Waals surface area contributed by atoms with Crippen LogP contribution in [0.5, 0.6) is 11.5 Å². The molecular weight excluding hydrogens is 368 g/mol. The van der Waals surface area contributed by atoms with Gasteiger partial charge in [-0.15, -0.1) is 0 Å². The molecule has 8 heteroatoms. The fraction of sp³-hybridized carbons (Fsp3) is 0.0769. The van der Waals surface area contributed by atoms with Crippen LogP contribution in [-0.4, -0.2) is 15.5 Å². The van der Waals surface area contributed by atoms with Gasteiger partial charge in [0.15, 0.2) is 11.6 Å². The van der Waals surface area contributed by atoms with Gasteiger partial charge in [-0.05, 0) is 53.3 Å². The quantitative estimate of drug-likeness (QED) is 0.887. The molecule has 0 aliphatic carbocycles. The summed E-state index contributed by atoms with van der Waals surface area (Å²) in [6.07, 6.45) is 0. The summed E-state index contributed by atoms with van der Waals surface area (Å²) in [6.45, 7) is 0. The minimum Gasteiger partial charge on any atom is -0.456 e. The Morgan fingerprint density at radius 3 is 2.38 bits per heavy atom. The maximum atomic E-state index is 13.1. The van der Waals surface area contributed by atoms with Gasteiger partial charge in [-0.1, -0.05) is 0 Å². The van der Waals surface area contributed by atoms with E-state index in [1.165, 1.54) is 31.3 Å². The third-order valence-corrected chi connectivity index (χ3v) is 4.63. The van der Waals surface area contributed by atoms with Crippen LogP contribution in [0.3, 0.4) is 0 Å². The Balaban J connectivity index is 2.31. The van der Waals surface area contributed by atoms with Crippen molar-refractivity contribution in [3.05, 3.63) is 52.5 Å². The summed E-state index contributed by atoms with van der Waals surface area (Å²) in [5.74, 6) is -1.63. The molecule has 0 fully saturated rings. The Kier molecular flexibility index (Phi) is 4.60. The van der Waals surface area contributed by atoms with Crippen molar-refractivity contribution >= 4 is 26.0 Å². The summed E-state index contributed by atoms with van der Waals surface area (Å²) < 4.78 is 57.1. The summed E-state index contributed by atoms with van der Waals surface area (Å²) in [4.78, 5) is 0.0505. The lowest BCUT2D eigenvalue weighted by atomic mass is 10.3. The van der Waals surface area contributed by atoms with Crippen LogP contribution < -0.4 is 9.46 Å². The molecule has 0 saturated carbocycles. The van der Waals surface area contributed by atoms with Crippen molar-refractivity contribution in [1.82, 2.24) is 4.72 Å². The summed E-state index contributed by atoms with van der Waals surface area (Å²) in [6, 6.07) is 7.21. The number of nitrogens with one attached hydrogen (secondary N) is 1. The molecule has 0 unspecified atom stereocenters. The predicted molar refractivity (Wildman–Crippen MR) is 76.8 cm³/mol. The normalized spacial score (nSPS) is 11.4. The lowest BCUT2D eigenvalue weighted by molar-refractivity contribution is 0.459. The highest BCUT2D eigenvalue weighted by Gasteiger charge is 2.14. The second-order valence-corrected chi connectivity index (χ2v) is 6.72. The fourth-order valence-corrected chi connectivity index (χ4v) is 2.88. The highest BCUT2D eigenvalue weighted by atomic mass is 79.9. The zero-order valence-corrected chi connectivity index (χ0v) is 13.1. The second kappa shape index (κ2) is 6.08. The van der Waals surface area contributed by atoms with Crippen LogP contribution >= 0.6 is 15.9 Å². The predicted octanol–water partition coefficient (Wildman–Crippen LogP) is 3.43. The molecule has 112 valence electrons. The average Bonchev–Trinajstić information content (AvgIpc) is 2.45. The lowest BCUT2D eigenvalue weighted by Crippen LogP contribution is -2.18. The van der Waals surface area contributed by atoms with Crippen LogP contribution in [0.25, 0.3) is 0 Å². The molecule has 0 atom stereocenters. The molecule has 0 bridgehead atoms. The van der Waals surface area contributed by atoms with E-state index in [4.69, 9.17) is 4.74 Å². The first-order valence-corrected chi connectivity index (χ1v) is 7.97. The number of ether oxygens (including phenoxy) is 1. The molecular formula is C13H10BrF2NO3S. The molecule has 0 spiro atoms. The van der Waals surface area contributed by atoms with E-state index in [1.807, 2.05) is 0 Å². The Morgan fingerprint density at radius 1 is 1.10 bits per heavy atom. The van der Waals surface area contributed by atoms with E-state index in [-0.39, 0.29) is 16.4 Å². The molecule has 2 aromatic carbocycles. The minimum atomic E-state index is -3.57. The van der Waals surface area contributed by atoms with Crippen molar-refractivity contribution in [2.75, 3.05) is 7.05 Å². The van der Waals surface area contributed by atoms with Gasteiger partial charge in [-0.3, -0.25) is 0 Å². The van der Waals surface area contributed by atoms with E-state index in [2.05, 4.69) is 20.7 Å². The molecule has 21 heavy (non-hydrogen) atoms. The molecule has 0 amide bonds. The zero-order chi connectivity index (χ0) is 15.6. The van der Waals surface area contributed by atoms with E-state index in [0.29, 0.717) is 4.47 Å². The SMILES string of the molecule is CNS(=O)(=O)c1ccc(Oc2ccc(F)c(F)c2)c(Br)c1. The third-order valence-electron chi connectivity index (χ3n) is 2.60. The van der Waals surface area contributed by atoms with Crippen LogP contribution in [0.15, 0.2) is 45.8 Å². The highest BCUT2D eigenvalue weighted by Crippen LogP contribution is 2.32. The van der Waals surface area contributed by atoms with Crippen molar-refractivity contribution in [2.24, 2.45) is 0 Å². The summed E-state index contributed by atoms with van der Waals surface area (Å²) in [5, 5.41) is 0. The number of rotatable bonds is 4. The molecule has 0 aliphatic rings. The van der Waals surface area contributed by atoms with Crippen molar-refractivity contribution in [2.45, 2.75) is 4.90 Å². The molecule has 0 saturated heterocycles. The third kappa shape index (κ3) is 3.58. The second-order valence-electron chi connectivity index (χ2n) is 3.98. The number of benzene rings is 2. The molecule has 0 heterocycles. The Hall–Kier alpha value is -1.51. The van der Waals surface area contributed by atoms with Gasteiger partial charge in [0.1, 0.15) is 11.5 Å². The standard InChI is InChI=1S/C13H10BrF2NO3S/c1-17-21(18,19)9-3-5-13(10(14)7-9)20-8-2-4-11(15)12(16)6-8/h2-7,17H,1H3. The van der Waals surface area contributed by atoms with Crippen LogP contribution in [-0.2, 0) is 10.0 Å². The van der Waals surface area contributed by atoms with Gasteiger partial charge in [-0.25, -0.2) is 21.9 Å². The number of hydrogen-bond donors (Lipinski definition) is 1. The van der Waals surface area contributed by atoms with E-state index in [1.54, 1.807) is 0 Å². The van der Waals surface area contributed by atoms with Crippen molar-refractivity contribution in [3.63, 3.8) is 0 Å². The first-order valence-electron chi connectivity index (χ1n) is 5.69. The van der Waals surface area contributed by atoms with Gasteiger partial charge in [-0.2, -0.15) is 0 Å². The molecule has 2 aromatic rings. The van der Waals surface area contributed by atoms with Crippen LogP contribution in [0.1, 0.15) is 0 Å².